The second kappa shape index (κ2) is 4.99. The summed E-state index contributed by atoms with van der Waals surface area (Å²) in [5, 5.41) is 0. The summed E-state index contributed by atoms with van der Waals surface area (Å²) in [6, 6.07) is -0.336. The highest BCUT2D eigenvalue weighted by molar-refractivity contribution is 5.73. The van der Waals surface area contributed by atoms with Crippen LogP contribution in [-0.4, -0.2) is 22.6 Å². The highest BCUT2D eigenvalue weighted by Crippen LogP contribution is 2.25. The minimum atomic E-state index is -0.336. The van der Waals surface area contributed by atoms with Crippen molar-refractivity contribution in [3.05, 3.63) is 42.5 Å². The van der Waals surface area contributed by atoms with E-state index in [0.29, 0.717) is 0 Å². The third-order valence-corrected chi connectivity index (χ3v) is 2.97. The number of allylic oxidation sites excluding steroid dienone is 4. The molecule has 0 saturated heterocycles. The van der Waals surface area contributed by atoms with Crippen molar-refractivity contribution in [3.8, 4) is 0 Å². The third-order valence-electron chi connectivity index (χ3n) is 2.97. The van der Waals surface area contributed by atoms with E-state index in [-0.39, 0.29) is 17.9 Å². The van der Waals surface area contributed by atoms with Crippen molar-refractivity contribution in [2.75, 3.05) is 7.11 Å². The highest BCUT2D eigenvalue weighted by atomic mass is 16.5. The number of aromatic nitrogens is 2. The molecule has 0 radical (unpaired) electrons. The van der Waals surface area contributed by atoms with Gasteiger partial charge in [-0.2, -0.15) is 0 Å². The normalized spacial score (nSPS) is 20.2. The van der Waals surface area contributed by atoms with Crippen LogP contribution in [0.25, 0.3) is 0 Å². The molecule has 0 amide bonds. The summed E-state index contributed by atoms with van der Waals surface area (Å²) in [6.45, 7) is 1.82. The Morgan fingerprint density at radius 3 is 3.06 bits per heavy atom. The first kappa shape index (κ1) is 11.6. The van der Waals surface area contributed by atoms with Gasteiger partial charge in [0.15, 0.2) is 0 Å². The largest absolute Gasteiger partial charge is 0.467 e. The molecule has 0 bridgehead atoms. The van der Waals surface area contributed by atoms with Crippen molar-refractivity contribution in [1.29, 1.82) is 0 Å². The lowest BCUT2D eigenvalue weighted by atomic mass is 10.00. The summed E-state index contributed by atoms with van der Waals surface area (Å²) >= 11 is 0. The molecule has 1 heterocycles. The molecule has 4 nitrogen and oxygen atoms in total. The molecule has 1 aliphatic carbocycles. The number of imidazole rings is 1. The standard InChI is InChI=1S/C13H16N2O2/c1-10(13(16)17-2)15-9-8-14-12(15)11-6-4-3-5-7-11/h3-6,8-11H,7H2,1-2H3. The fraction of sp³-hybridized carbons (Fsp3) is 0.385. The highest BCUT2D eigenvalue weighted by Gasteiger charge is 2.21. The van der Waals surface area contributed by atoms with Crippen LogP contribution < -0.4 is 0 Å². The van der Waals surface area contributed by atoms with Gasteiger partial charge in [0.05, 0.1) is 7.11 Å². The van der Waals surface area contributed by atoms with E-state index in [9.17, 15) is 4.79 Å². The molecule has 0 N–H and O–H groups in total. The van der Waals surface area contributed by atoms with Crippen LogP contribution in [0.4, 0.5) is 0 Å². The van der Waals surface area contributed by atoms with Gasteiger partial charge in [0.25, 0.3) is 0 Å². The van der Waals surface area contributed by atoms with Crippen LogP contribution in [-0.2, 0) is 9.53 Å². The van der Waals surface area contributed by atoms with Crippen molar-refractivity contribution in [2.45, 2.75) is 25.3 Å². The second-order valence-corrected chi connectivity index (χ2v) is 4.05. The summed E-state index contributed by atoms with van der Waals surface area (Å²) < 4.78 is 6.63. The van der Waals surface area contributed by atoms with Gasteiger partial charge in [0.1, 0.15) is 11.9 Å². The van der Waals surface area contributed by atoms with Crippen LogP contribution in [0.1, 0.15) is 31.1 Å². The molecular weight excluding hydrogens is 216 g/mol. The third kappa shape index (κ3) is 2.30. The predicted octanol–water partition coefficient (Wildman–Crippen LogP) is 2.22. The average Bonchev–Trinajstić information content (AvgIpc) is 2.87. The number of carbonyl (C=O) groups excluding carboxylic acids is 1. The number of esters is 1. The fourth-order valence-corrected chi connectivity index (χ4v) is 2.00. The van der Waals surface area contributed by atoms with Crippen LogP contribution in [0.2, 0.25) is 0 Å². The number of rotatable bonds is 3. The number of methoxy groups -OCH3 is 1. The van der Waals surface area contributed by atoms with E-state index in [1.54, 1.807) is 6.20 Å². The van der Waals surface area contributed by atoms with Crippen molar-refractivity contribution in [3.63, 3.8) is 0 Å². The minimum absolute atomic E-state index is 0.238. The zero-order valence-electron chi connectivity index (χ0n) is 10.0. The number of hydrogen-bond donors (Lipinski definition) is 0. The van der Waals surface area contributed by atoms with Crippen LogP contribution >= 0.6 is 0 Å². The van der Waals surface area contributed by atoms with Gasteiger partial charge < -0.3 is 9.30 Å². The lowest BCUT2D eigenvalue weighted by Crippen LogP contribution is -2.20. The van der Waals surface area contributed by atoms with Gasteiger partial charge in [-0.25, -0.2) is 9.78 Å². The molecule has 17 heavy (non-hydrogen) atoms. The van der Waals surface area contributed by atoms with E-state index in [1.165, 1.54) is 7.11 Å². The molecule has 4 heteroatoms. The smallest absolute Gasteiger partial charge is 0.328 e. The number of nitrogens with zero attached hydrogens (tertiary/aromatic N) is 2. The summed E-state index contributed by atoms with van der Waals surface area (Å²) in [7, 11) is 1.40. The number of ether oxygens (including phenoxy) is 1. The molecule has 0 saturated carbocycles. The Labute approximate surface area is 101 Å². The Morgan fingerprint density at radius 1 is 1.59 bits per heavy atom. The summed E-state index contributed by atoms with van der Waals surface area (Å²) in [5.74, 6) is 0.894. The van der Waals surface area contributed by atoms with Crippen LogP contribution in [0.15, 0.2) is 36.7 Å². The van der Waals surface area contributed by atoms with Crippen LogP contribution in [0.3, 0.4) is 0 Å². The van der Waals surface area contributed by atoms with Crippen molar-refractivity contribution in [1.82, 2.24) is 9.55 Å². The van der Waals surface area contributed by atoms with Gasteiger partial charge >= 0.3 is 5.97 Å². The molecule has 2 rings (SSSR count). The monoisotopic (exact) mass is 232 g/mol. The van der Waals surface area contributed by atoms with Crippen molar-refractivity contribution >= 4 is 5.97 Å². The van der Waals surface area contributed by atoms with Crippen LogP contribution in [0.5, 0.6) is 0 Å². The maximum atomic E-state index is 11.5. The van der Waals surface area contributed by atoms with Gasteiger partial charge in [-0.15, -0.1) is 0 Å². The maximum Gasteiger partial charge on any atom is 0.328 e. The van der Waals surface area contributed by atoms with E-state index in [1.807, 2.05) is 29.8 Å². The Morgan fingerprint density at radius 2 is 2.41 bits per heavy atom. The minimum Gasteiger partial charge on any atom is -0.467 e. The number of hydrogen-bond acceptors (Lipinski definition) is 3. The van der Waals surface area contributed by atoms with Gasteiger partial charge in [0, 0.05) is 18.3 Å². The van der Waals surface area contributed by atoms with Crippen molar-refractivity contribution in [2.24, 2.45) is 0 Å². The Balaban J connectivity index is 2.25. The molecule has 0 aliphatic heterocycles. The molecule has 1 aromatic heterocycles. The molecule has 0 aromatic carbocycles. The topological polar surface area (TPSA) is 44.1 Å². The lowest BCUT2D eigenvalue weighted by molar-refractivity contribution is -0.144. The van der Waals surface area contributed by atoms with E-state index in [0.717, 1.165) is 12.2 Å². The quantitative estimate of drug-likeness (QED) is 0.750. The zero-order chi connectivity index (χ0) is 12.3. The molecule has 90 valence electrons. The summed E-state index contributed by atoms with van der Waals surface area (Å²) in [5.41, 5.74) is 0. The fourth-order valence-electron chi connectivity index (χ4n) is 2.00. The first-order valence-corrected chi connectivity index (χ1v) is 5.68. The zero-order valence-corrected chi connectivity index (χ0v) is 10.0. The molecule has 1 aliphatic rings. The molecule has 1 aromatic rings. The summed E-state index contributed by atoms with van der Waals surface area (Å²) in [6.07, 6.45) is 12.7. The Kier molecular flexibility index (Phi) is 3.42. The Hall–Kier alpha value is -1.84. The predicted molar refractivity (Wildman–Crippen MR) is 64.6 cm³/mol. The lowest BCUT2D eigenvalue weighted by Gasteiger charge is -2.18. The van der Waals surface area contributed by atoms with E-state index in [2.05, 4.69) is 17.1 Å². The van der Waals surface area contributed by atoms with Gasteiger partial charge in [-0.1, -0.05) is 24.3 Å². The van der Waals surface area contributed by atoms with E-state index < -0.39 is 0 Å². The van der Waals surface area contributed by atoms with E-state index in [4.69, 9.17) is 4.74 Å². The van der Waals surface area contributed by atoms with E-state index >= 15 is 0 Å². The van der Waals surface area contributed by atoms with Crippen LogP contribution in [0, 0.1) is 0 Å². The molecule has 2 atom stereocenters. The summed E-state index contributed by atoms with van der Waals surface area (Å²) in [4.78, 5) is 15.9. The first-order chi connectivity index (χ1) is 8.24. The van der Waals surface area contributed by atoms with Gasteiger partial charge in [-0.05, 0) is 13.3 Å². The second-order valence-electron chi connectivity index (χ2n) is 4.05. The SMILES string of the molecule is COC(=O)C(C)n1ccnc1C1C=CC=CC1. The molecule has 0 fully saturated rings. The Bertz CT molecular complexity index is 460. The number of carbonyl (C=O) groups is 1. The molecule has 2 unspecified atom stereocenters. The average molecular weight is 232 g/mol. The van der Waals surface area contributed by atoms with Gasteiger partial charge in [0.2, 0.25) is 0 Å². The maximum absolute atomic E-state index is 11.5. The van der Waals surface area contributed by atoms with Crippen molar-refractivity contribution < 1.29 is 9.53 Å². The molecular formula is C13H16N2O2. The van der Waals surface area contributed by atoms with Gasteiger partial charge in [-0.3, -0.25) is 0 Å². The first-order valence-electron chi connectivity index (χ1n) is 5.68. The molecule has 0 spiro atoms.